The molecule has 8 nitrogen and oxygen atoms in total. The van der Waals surface area contributed by atoms with Crippen LogP contribution < -0.4 is 14.9 Å². The van der Waals surface area contributed by atoms with Crippen molar-refractivity contribution in [2.45, 2.75) is 13.0 Å². The minimum Gasteiger partial charge on any atom is -0.497 e. The van der Waals surface area contributed by atoms with Gasteiger partial charge in [0.05, 0.1) is 19.7 Å². The third-order valence-corrected chi connectivity index (χ3v) is 4.66. The van der Waals surface area contributed by atoms with Crippen LogP contribution in [0.4, 0.5) is 0 Å². The summed E-state index contributed by atoms with van der Waals surface area (Å²) in [5.74, 6) is 2.05. The lowest BCUT2D eigenvalue weighted by atomic mass is 10.0. The standard InChI is InChI=1S/C20H19N5O3/c1-27-14-5-3-13(4-6-14)17-12-25(10-9-19-21-23-24-22-19)18-11-15(28-2)7-8-16(18)20(17)26/h3-8,11-12H,9-10H2,1-2H3,(H,21,22,23,24). The van der Waals surface area contributed by atoms with Crippen LogP contribution in [0.15, 0.2) is 53.5 Å². The highest BCUT2D eigenvalue weighted by atomic mass is 16.5. The van der Waals surface area contributed by atoms with Crippen molar-refractivity contribution in [3.8, 4) is 22.6 Å². The number of aryl methyl sites for hydroxylation is 2. The Balaban J connectivity index is 1.85. The van der Waals surface area contributed by atoms with Gasteiger partial charge in [-0.15, -0.1) is 10.2 Å². The summed E-state index contributed by atoms with van der Waals surface area (Å²) in [6, 6.07) is 12.9. The van der Waals surface area contributed by atoms with Crippen molar-refractivity contribution in [1.82, 2.24) is 25.2 Å². The number of fused-ring (bicyclic) bond motifs is 1. The number of hydrogen-bond donors (Lipinski definition) is 1. The number of nitrogens with zero attached hydrogens (tertiary/aromatic N) is 4. The summed E-state index contributed by atoms with van der Waals surface area (Å²) in [4.78, 5) is 13.1. The van der Waals surface area contributed by atoms with Gasteiger partial charge in [0.1, 0.15) is 11.5 Å². The molecule has 0 fully saturated rings. The maximum Gasteiger partial charge on any atom is 0.197 e. The molecule has 0 radical (unpaired) electrons. The van der Waals surface area contributed by atoms with Crippen LogP contribution in [-0.2, 0) is 13.0 Å². The fraction of sp³-hybridized carbons (Fsp3) is 0.200. The van der Waals surface area contributed by atoms with E-state index in [4.69, 9.17) is 9.47 Å². The lowest BCUT2D eigenvalue weighted by Crippen LogP contribution is -2.13. The molecule has 8 heteroatoms. The van der Waals surface area contributed by atoms with Gasteiger partial charge in [0.25, 0.3) is 0 Å². The monoisotopic (exact) mass is 377 g/mol. The van der Waals surface area contributed by atoms with Gasteiger partial charge < -0.3 is 14.0 Å². The molecule has 2 heterocycles. The van der Waals surface area contributed by atoms with Gasteiger partial charge in [-0.1, -0.05) is 17.3 Å². The normalized spacial score (nSPS) is 10.9. The van der Waals surface area contributed by atoms with Crippen LogP contribution >= 0.6 is 0 Å². The van der Waals surface area contributed by atoms with E-state index in [9.17, 15) is 4.79 Å². The molecule has 28 heavy (non-hydrogen) atoms. The first-order chi connectivity index (χ1) is 13.7. The lowest BCUT2D eigenvalue weighted by molar-refractivity contribution is 0.415. The zero-order valence-electron chi connectivity index (χ0n) is 15.5. The Labute approximate surface area is 160 Å². The van der Waals surface area contributed by atoms with E-state index in [2.05, 4.69) is 20.6 Å². The van der Waals surface area contributed by atoms with Gasteiger partial charge in [-0.05, 0) is 29.8 Å². The Hall–Kier alpha value is -3.68. The molecule has 0 bridgehead atoms. The quantitative estimate of drug-likeness (QED) is 0.555. The molecule has 2 aromatic carbocycles. The minimum atomic E-state index is -0.0290. The summed E-state index contributed by atoms with van der Waals surface area (Å²) in [7, 11) is 3.22. The predicted molar refractivity (Wildman–Crippen MR) is 105 cm³/mol. The Bertz CT molecular complexity index is 1150. The number of hydrogen-bond acceptors (Lipinski definition) is 6. The van der Waals surface area contributed by atoms with Crippen molar-refractivity contribution in [2.24, 2.45) is 0 Å². The zero-order chi connectivity index (χ0) is 19.5. The van der Waals surface area contributed by atoms with Crippen LogP contribution in [0.5, 0.6) is 11.5 Å². The average molecular weight is 377 g/mol. The number of tetrazole rings is 1. The number of pyridine rings is 1. The first-order valence-corrected chi connectivity index (χ1v) is 8.77. The number of nitrogens with one attached hydrogen (secondary N) is 1. The molecule has 142 valence electrons. The summed E-state index contributed by atoms with van der Waals surface area (Å²) in [5.41, 5.74) is 2.22. The van der Waals surface area contributed by atoms with Gasteiger partial charge in [-0.3, -0.25) is 4.79 Å². The van der Waals surface area contributed by atoms with E-state index >= 15 is 0 Å². The molecule has 0 unspecified atom stereocenters. The second-order valence-corrected chi connectivity index (χ2v) is 6.25. The molecule has 0 atom stereocenters. The highest BCUT2D eigenvalue weighted by Crippen LogP contribution is 2.25. The summed E-state index contributed by atoms with van der Waals surface area (Å²) < 4.78 is 12.6. The van der Waals surface area contributed by atoms with E-state index < -0.39 is 0 Å². The highest BCUT2D eigenvalue weighted by molar-refractivity contribution is 5.85. The molecule has 2 aromatic heterocycles. The second kappa shape index (κ2) is 7.51. The van der Waals surface area contributed by atoms with Crippen LogP contribution in [-0.4, -0.2) is 39.4 Å². The number of aromatic amines is 1. The van der Waals surface area contributed by atoms with E-state index in [0.717, 1.165) is 16.8 Å². The Morgan fingerprint density at radius 3 is 2.46 bits per heavy atom. The smallest absolute Gasteiger partial charge is 0.197 e. The third-order valence-electron chi connectivity index (χ3n) is 4.66. The molecule has 0 saturated heterocycles. The molecule has 0 saturated carbocycles. The topological polar surface area (TPSA) is 94.9 Å². The van der Waals surface area contributed by atoms with Gasteiger partial charge in [-0.25, -0.2) is 0 Å². The molecule has 0 aliphatic heterocycles. The van der Waals surface area contributed by atoms with Crippen molar-refractivity contribution < 1.29 is 9.47 Å². The SMILES string of the molecule is COc1ccc(-c2cn(CCc3nn[nH]n3)c3cc(OC)ccc3c2=O)cc1. The number of methoxy groups -OCH3 is 2. The third kappa shape index (κ3) is 3.32. The van der Waals surface area contributed by atoms with Gasteiger partial charge in [0, 0.05) is 36.2 Å². The summed E-state index contributed by atoms with van der Waals surface area (Å²) in [5, 5.41) is 14.7. The molecule has 4 aromatic rings. The average Bonchev–Trinajstić information content (AvgIpc) is 3.27. The van der Waals surface area contributed by atoms with Gasteiger partial charge >= 0.3 is 0 Å². The van der Waals surface area contributed by atoms with Crippen molar-refractivity contribution in [2.75, 3.05) is 14.2 Å². The number of rotatable bonds is 6. The highest BCUT2D eigenvalue weighted by Gasteiger charge is 2.13. The fourth-order valence-electron chi connectivity index (χ4n) is 3.17. The molecule has 0 spiro atoms. The number of aromatic nitrogens is 5. The van der Waals surface area contributed by atoms with E-state index in [1.807, 2.05) is 41.1 Å². The van der Waals surface area contributed by atoms with Gasteiger partial charge in [-0.2, -0.15) is 5.21 Å². The van der Waals surface area contributed by atoms with E-state index in [1.165, 1.54) is 0 Å². The fourth-order valence-corrected chi connectivity index (χ4v) is 3.17. The van der Waals surface area contributed by atoms with Gasteiger partial charge in [0.2, 0.25) is 0 Å². The lowest BCUT2D eigenvalue weighted by Gasteiger charge is -2.14. The van der Waals surface area contributed by atoms with Crippen LogP contribution in [0.1, 0.15) is 5.82 Å². The molecule has 0 amide bonds. The van der Waals surface area contributed by atoms with Crippen molar-refractivity contribution in [3.63, 3.8) is 0 Å². The summed E-state index contributed by atoms with van der Waals surface area (Å²) >= 11 is 0. The summed E-state index contributed by atoms with van der Waals surface area (Å²) in [6.45, 7) is 0.590. The van der Waals surface area contributed by atoms with E-state index in [1.54, 1.807) is 26.4 Å². The van der Waals surface area contributed by atoms with Crippen LogP contribution in [0.25, 0.3) is 22.0 Å². The number of H-pyrrole nitrogens is 1. The Morgan fingerprint density at radius 2 is 1.79 bits per heavy atom. The molecular weight excluding hydrogens is 358 g/mol. The molecule has 1 N–H and O–H groups in total. The van der Waals surface area contributed by atoms with E-state index in [0.29, 0.717) is 35.5 Å². The van der Waals surface area contributed by atoms with Crippen molar-refractivity contribution in [3.05, 3.63) is 64.7 Å². The Morgan fingerprint density at radius 1 is 1.04 bits per heavy atom. The maximum absolute atomic E-state index is 13.1. The van der Waals surface area contributed by atoms with Crippen molar-refractivity contribution in [1.29, 1.82) is 0 Å². The van der Waals surface area contributed by atoms with Crippen LogP contribution in [0, 0.1) is 0 Å². The predicted octanol–water partition coefficient (Wildman–Crippen LogP) is 2.44. The Kier molecular flexibility index (Phi) is 4.76. The maximum atomic E-state index is 13.1. The molecule has 0 aliphatic rings. The molecule has 4 rings (SSSR count). The van der Waals surface area contributed by atoms with Crippen LogP contribution in [0.3, 0.4) is 0 Å². The van der Waals surface area contributed by atoms with E-state index in [-0.39, 0.29) is 5.43 Å². The second-order valence-electron chi connectivity index (χ2n) is 6.25. The molecule has 0 aliphatic carbocycles. The number of ether oxygens (including phenoxy) is 2. The largest absolute Gasteiger partial charge is 0.497 e. The minimum absolute atomic E-state index is 0.0290. The van der Waals surface area contributed by atoms with Crippen molar-refractivity contribution >= 4 is 10.9 Å². The first kappa shape index (κ1) is 17.7. The zero-order valence-corrected chi connectivity index (χ0v) is 15.5. The molecular formula is C20H19N5O3. The van der Waals surface area contributed by atoms with Crippen LogP contribution in [0.2, 0.25) is 0 Å². The van der Waals surface area contributed by atoms with Gasteiger partial charge in [0.15, 0.2) is 11.3 Å². The first-order valence-electron chi connectivity index (χ1n) is 8.77. The summed E-state index contributed by atoms with van der Waals surface area (Å²) in [6.07, 6.45) is 2.44. The number of benzene rings is 2.